The highest BCUT2D eigenvalue weighted by molar-refractivity contribution is 6.24. The molecule has 9 aromatic carbocycles. The summed E-state index contributed by atoms with van der Waals surface area (Å²) in [6.45, 7) is 0. The van der Waals surface area contributed by atoms with Crippen LogP contribution in [0.5, 0.6) is 0 Å². The van der Waals surface area contributed by atoms with Gasteiger partial charge in [-0.3, -0.25) is 0 Å². The van der Waals surface area contributed by atoms with Crippen molar-refractivity contribution in [1.29, 1.82) is 0 Å². The van der Waals surface area contributed by atoms with Gasteiger partial charge in [-0.15, -0.1) is 0 Å². The van der Waals surface area contributed by atoms with Gasteiger partial charge >= 0.3 is 0 Å². The first kappa shape index (κ1) is 27.3. The number of hydrogen-bond acceptors (Lipinski definition) is 2. The summed E-state index contributed by atoms with van der Waals surface area (Å²) in [5.41, 5.74) is 9.91. The maximum Gasteiger partial charge on any atom is 0.141 e. The second kappa shape index (κ2) is 10.4. The van der Waals surface area contributed by atoms with E-state index in [1.54, 1.807) is 6.26 Å². The quantitative estimate of drug-likeness (QED) is 0.180. The molecule has 0 fully saturated rings. The molecule has 11 aromatic rings. The standard InChI is InChI=1S/C48H28O2/c1-2-10-31-28-45-43(26-30(31)9-1)42-27-34(20-22-44(42)50-45)46-38-13-3-5-15-40(38)47(41-16-6-4-14-39(41)46)37-18-8-12-32-25-33(19-21-35(32)37)36-17-7-11-29-23-24-49-48(29)36/h1-28H. The first-order valence-corrected chi connectivity index (χ1v) is 17.1. The van der Waals surface area contributed by atoms with Crippen molar-refractivity contribution in [3.05, 3.63) is 170 Å². The van der Waals surface area contributed by atoms with Crippen molar-refractivity contribution in [1.82, 2.24) is 0 Å². The molecule has 0 aliphatic heterocycles. The summed E-state index contributed by atoms with van der Waals surface area (Å²) < 4.78 is 12.3. The van der Waals surface area contributed by atoms with Gasteiger partial charge in [-0.1, -0.05) is 127 Å². The number of benzene rings is 9. The molecule has 0 amide bonds. The van der Waals surface area contributed by atoms with E-state index in [0.717, 1.165) is 44.0 Å². The number of para-hydroxylation sites is 1. The molecule has 232 valence electrons. The zero-order chi connectivity index (χ0) is 32.8. The average Bonchev–Trinajstić information content (AvgIpc) is 3.80. The van der Waals surface area contributed by atoms with E-state index in [0.29, 0.717) is 0 Å². The SMILES string of the molecule is c1ccc2cc3c(cc2c1)oc1ccc(-c2c4ccccc4c(-c4cccc5cc(-c6cccc7ccoc67)ccc45)c4ccccc24)cc13. The summed E-state index contributed by atoms with van der Waals surface area (Å²) in [4.78, 5) is 0. The lowest BCUT2D eigenvalue weighted by atomic mass is 9.84. The molecule has 0 unspecified atom stereocenters. The molecule has 0 saturated carbocycles. The fourth-order valence-electron chi connectivity index (χ4n) is 8.24. The maximum atomic E-state index is 6.39. The summed E-state index contributed by atoms with van der Waals surface area (Å²) >= 11 is 0. The van der Waals surface area contributed by atoms with Crippen molar-refractivity contribution < 1.29 is 8.83 Å². The smallest absolute Gasteiger partial charge is 0.141 e. The van der Waals surface area contributed by atoms with Crippen LogP contribution < -0.4 is 0 Å². The molecule has 2 heteroatoms. The highest BCUT2D eigenvalue weighted by Gasteiger charge is 2.19. The van der Waals surface area contributed by atoms with Crippen LogP contribution >= 0.6 is 0 Å². The van der Waals surface area contributed by atoms with E-state index in [-0.39, 0.29) is 0 Å². The molecular formula is C48H28O2. The molecule has 2 aromatic heterocycles. The minimum absolute atomic E-state index is 0.905. The van der Waals surface area contributed by atoms with Crippen LogP contribution in [0.2, 0.25) is 0 Å². The maximum absolute atomic E-state index is 6.39. The first-order chi connectivity index (χ1) is 24.8. The molecule has 0 N–H and O–H groups in total. The molecule has 2 heterocycles. The Kier molecular flexibility index (Phi) is 5.70. The predicted molar refractivity (Wildman–Crippen MR) is 210 cm³/mol. The Morgan fingerprint density at radius 3 is 1.72 bits per heavy atom. The van der Waals surface area contributed by atoms with Gasteiger partial charge in [0.25, 0.3) is 0 Å². The van der Waals surface area contributed by atoms with Gasteiger partial charge in [-0.2, -0.15) is 0 Å². The monoisotopic (exact) mass is 636 g/mol. The zero-order valence-corrected chi connectivity index (χ0v) is 27.0. The van der Waals surface area contributed by atoms with Gasteiger partial charge in [0.05, 0.1) is 6.26 Å². The Balaban J connectivity index is 1.16. The number of rotatable bonds is 3. The van der Waals surface area contributed by atoms with Crippen LogP contribution in [0.1, 0.15) is 0 Å². The Bertz CT molecular complexity index is 3100. The van der Waals surface area contributed by atoms with E-state index in [4.69, 9.17) is 8.83 Å². The Morgan fingerprint density at radius 2 is 0.940 bits per heavy atom. The fourth-order valence-corrected chi connectivity index (χ4v) is 8.24. The fraction of sp³-hybridized carbons (Fsp3) is 0. The summed E-state index contributed by atoms with van der Waals surface area (Å²) in [5, 5.41) is 13.2. The van der Waals surface area contributed by atoms with E-state index in [9.17, 15) is 0 Å². The van der Waals surface area contributed by atoms with E-state index in [1.165, 1.54) is 65.3 Å². The van der Waals surface area contributed by atoms with Crippen molar-refractivity contribution in [3.8, 4) is 33.4 Å². The second-order valence-corrected chi connectivity index (χ2v) is 13.2. The Labute approximate surface area is 287 Å². The third kappa shape index (κ3) is 3.96. The van der Waals surface area contributed by atoms with Crippen molar-refractivity contribution in [2.75, 3.05) is 0 Å². The van der Waals surface area contributed by atoms with E-state index >= 15 is 0 Å². The van der Waals surface area contributed by atoms with Crippen LogP contribution in [0.25, 0.3) is 109 Å². The minimum atomic E-state index is 0.905. The molecule has 11 rings (SSSR count). The van der Waals surface area contributed by atoms with Gasteiger partial charge in [-0.25, -0.2) is 0 Å². The molecule has 0 saturated heterocycles. The molecule has 0 aliphatic carbocycles. The summed E-state index contributed by atoms with van der Waals surface area (Å²) in [7, 11) is 0. The minimum Gasteiger partial charge on any atom is -0.464 e. The van der Waals surface area contributed by atoms with Crippen LogP contribution in [0.3, 0.4) is 0 Å². The predicted octanol–water partition coefficient (Wildman–Crippen LogP) is 13.9. The van der Waals surface area contributed by atoms with Crippen LogP contribution in [0.4, 0.5) is 0 Å². The number of hydrogen-bond donors (Lipinski definition) is 0. The average molecular weight is 637 g/mol. The third-order valence-corrected chi connectivity index (χ3v) is 10.5. The van der Waals surface area contributed by atoms with Crippen molar-refractivity contribution >= 4 is 76.0 Å². The summed E-state index contributed by atoms with van der Waals surface area (Å²) in [5.74, 6) is 0. The molecule has 0 bridgehead atoms. The third-order valence-electron chi connectivity index (χ3n) is 10.5. The lowest BCUT2D eigenvalue weighted by molar-refractivity contribution is 0.617. The normalized spacial score (nSPS) is 12.0. The second-order valence-electron chi connectivity index (χ2n) is 13.2. The van der Waals surface area contributed by atoms with Crippen molar-refractivity contribution in [2.24, 2.45) is 0 Å². The van der Waals surface area contributed by atoms with Gasteiger partial charge < -0.3 is 8.83 Å². The Hall–Kier alpha value is -6.64. The van der Waals surface area contributed by atoms with Gasteiger partial charge in [0.1, 0.15) is 16.7 Å². The van der Waals surface area contributed by atoms with Gasteiger partial charge in [-0.05, 0) is 107 Å². The lowest BCUT2D eigenvalue weighted by Gasteiger charge is -2.19. The molecule has 0 aliphatic rings. The van der Waals surface area contributed by atoms with Crippen LogP contribution in [-0.2, 0) is 0 Å². The summed E-state index contributed by atoms with van der Waals surface area (Å²) in [6, 6.07) is 59.2. The summed E-state index contributed by atoms with van der Waals surface area (Å²) in [6.07, 6.45) is 1.77. The molecule has 50 heavy (non-hydrogen) atoms. The van der Waals surface area contributed by atoms with E-state index in [1.807, 2.05) is 6.07 Å². The van der Waals surface area contributed by atoms with Gasteiger partial charge in [0, 0.05) is 21.7 Å². The molecule has 2 nitrogen and oxygen atoms in total. The van der Waals surface area contributed by atoms with Crippen molar-refractivity contribution in [3.63, 3.8) is 0 Å². The number of furan rings is 2. The molecule has 0 radical (unpaired) electrons. The highest BCUT2D eigenvalue weighted by atomic mass is 16.3. The highest BCUT2D eigenvalue weighted by Crippen LogP contribution is 2.46. The largest absolute Gasteiger partial charge is 0.464 e. The molecular weight excluding hydrogens is 609 g/mol. The molecule has 0 spiro atoms. The number of fused-ring (bicyclic) bond motifs is 8. The van der Waals surface area contributed by atoms with Crippen LogP contribution in [-0.4, -0.2) is 0 Å². The zero-order valence-electron chi connectivity index (χ0n) is 27.0. The van der Waals surface area contributed by atoms with Crippen molar-refractivity contribution in [2.45, 2.75) is 0 Å². The Morgan fingerprint density at radius 1 is 0.320 bits per heavy atom. The van der Waals surface area contributed by atoms with Gasteiger partial charge in [0.15, 0.2) is 0 Å². The van der Waals surface area contributed by atoms with Crippen LogP contribution in [0, 0.1) is 0 Å². The molecule has 0 atom stereocenters. The van der Waals surface area contributed by atoms with E-state index in [2.05, 4.69) is 158 Å². The topological polar surface area (TPSA) is 26.3 Å². The van der Waals surface area contributed by atoms with E-state index < -0.39 is 0 Å². The first-order valence-electron chi connectivity index (χ1n) is 17.1. The lowest BCUT2D eigenvalue weighted by Crippen LogP contribution is -1.92. The van der Waals surface area contributed by atoms with Crippen LogP contribution in [0.15, 0.2) is 179 Å². The van der Waals surface area contributed by atoms with Gasteiger partial charge in [0.2, 0.25) is 0 Å².